The van der Waals surface area contributed by atoms with Crippen LogP contribution in [-0.4, -0.2) is 80.6 Å². The van der Waals surface area contributed by atoms with Crippen LogP contribution in [0.15, 0.2) is 47.5 Å². The number of anilines is 1. The van der Waals surface area contributed by atoms with Gasteiger partial charge in [0, 0.05) is 24.8 Å². The fourth-order valence-corrected chi connectivity index (χ4v) is 5.02. The van der Waals surface area contributed by atoms with Gasteiger partial charge in [0.15, 0.2) is 6.10 Å². The van der Waals surface area contributed by atoms with Gasteiger partial charge in [0.25, 0.3) is 0 Å². The molecule has 1 N–H and O–H groups in total. The van der Waals surface area contributed by atoms with Gasteiger partial charge in [-0.3, -0.25) is 9.69 Å². The lowest BCUT2D eigenvalue weighted by atomic mass is 9.93. The van der Waals surface area contributed by atoms with E-state index in [1.54, 1.807) is 31.3 Å². The number of methoxy groups -OCH3 is 2. The molecule has 3 amide bonds. The van der Waals surface area contributed by atoms with Crippen LogP contribution < -0.4 is 14.8 Å². The minimum atomic E-state index is -0.456. The van der Waals surface area contributed by atoms with Gasteiger partial charge in [-0.2, -0.15) is 4.99 Å². The van der Waals surface area contributed by atoms with E-state index < -0.39 is 6.10 Å². The number of nitrogens with one attached hydrogen (secondary N) is 1. The lowest BCUT2D eigenvalue weighted by Gasteiger charge is -2.35. The van der Waals surface area contributed by atoms with Crippen molar-refractivity contribution in [2.45, 2.75) is 25.0 Å². The molecule has 2 aromatic rings. The summed E-state index contributed by atoms with van der Waals surface area (Å²) in [6.45, 7) is 3.07. The smallest absolute Gasteiger partial charge is 0.344 e. The van der Waals surface area contributed by atoms with Gasteiger partial charge in [-0.15, -0.1) is 0 Å². The molecule has 0 spiro atoms. The van der Waals surface area contributed by atoms with E-state index in [4.69, 9.17) is 14.2 Å². The molecule has 9 heteroatoms. The second kappa shape index (κ2) is 10.1. The van der Waals surface area contributed by atoms with Crippen molar-refractivity contribution in [2.24, 2.45) is 4.99 Å². The molecule has 0 radical (unpaired) electrons. The summed E-state index contributed by atoms with van der Waals surface area (Å²) in [5, 5.41) is 2.95. The van der Waals surface area contributed by atoms with Crippen LogP contribution in [0.25, 0.3) is 0 Å². The Morgan fingerprint density at radius 3 is 2.74 bits per heavy atom. The van der Waals surface area contributed by atoms with Crippen LogP contribution in [0.3, 0.4) is 0 Å². The third-order valence-electron chi connectivity index (χ3n) is 6.72. The second-order valence-electron chi connectivity index (χ2n) is 8.93. The van der Waals surface area contributed by atoms with E-state index in [9.17, 15) is 9.59 Å². The van der Waals surface area contributed by atoms with E-state index >= 15 is 0 Å². The Bertz CT molecular complexity index is 1140. The topological polar surface area (TPSA) is 92.7 Å². The zero-order valence-electron chi connectivity index (χ0n) is 20.0. The zero-order chi connectivity index (χ0) is 24.4. The second-order valence-corrected chi connectivity index (χ2v) is 8.93. The molecule has 3 heterocycles. The van der Waals surface area contributed by atoms with Crippen LogP contribution in [0.1, 0.15) is 30.0 Å². The molecule has 2 aromatic carbocycles. The number of hydrogen-bond donors (Lipinski definition) is 1. The normalized spacial score (nSPS) is 21.3. The highest BCUT2D eigenvalue weighted by molar-refractivity contribution is 6.12. The number of likely N-dealkylation sites (tertiary alicyclic amines) is 1. The lowest BCUT2D eigenvalue weighted by molar-refractivity contribution is -0.117. The van der Waals surface area contributed by atoms with Crippen LogP contribution in [0.5, 0.6) is 11.5 Å². The number of nitrogens with zero attached hydrogens (tertiary/aromatic N) is 3. The molecule has 184 valence electrons. The first-order valence-electron chi connectivity index (χ1n) is 11.9. The third-order valence-corrected chi connectivity index (χ3v) is 6.72. The van der Waals surface area contributed by atoms with Crippen molar-refractivity contribution in [2.75, 3.05) is 52.3 Å². The summed E-state index contributed by atoms with van der Waals surface area (Å²) in [6, 6.07) is 12.5. The van der Waals surface area contributed by atoms with E-state index in [1.807, 2.05) is 30.3 Å². The summed E-state index contributed by atoms with van der Waals surface area (Å²) < 4.78 is 17.1. The van der Waals surface area contributed by atoms with Crippen molar-refractivity contribution in [3.05, 3.63) is 53.6 Å². The summed E-state index contributed by atoms with van der Waals surface area (Å²) in [5.74, 6) is 1.16. The van der Waals surface area contributed by atoms with E-state index in [0.717, 1.165) is 37.2 Å². The number of amides is 3. The van der Waals surface area contributed by atoms with Gasteiger partial charge < -0.3 is 24.4 Å². The van der Waals surface area contributed by atoms with Gasteiger partial charge in [0.05, 0.1) is 31.7 Å². The Morgan fingerprint density at radius 2 is 1.97 bits per heavy atom. The predicted molar refractivity (Wildman–Crippen MR) is 131 cm³/mol. The molecule has 2 atom stereocenters. The van der Waals surface area contributed by atoms with Gasteiger partial charge in [-0.25, -0.2) is 4.79 Å². The van der Waals surface area contributed by atoms with Crippen molar-refractivity contribution in [1.29, 1.82) is 0 Å². The van der Waals surface area contributed by atoms with E-state index in [0.29, 0.717) is 42.4 Å². The van der Waals surface area contributed by atoms with Crippen LogP contribution in [-0.2, 0) is 9.53 Å². The number of aliphatic imine (C=N–C) groups is 1. The number of urea groups is 1. The van der Waals surface area contributed by atoms with E-state index in [1.165, 1.54) is 0 Å². The van der Waals surface area contributed by atoms with Crippen molar-refractivity contribution < 1.29 is 23.8 Å². The molecule has 0 saturated carbocycles. The molecule has 0 aromatic heterocycles. The van der Waals surface area contributed by atoms with Crippen LogP contribution >= 0.6 is 0 Å². The molecule has 5 rings (SSSR count). The lowest BCUT2D eigenvalue weighted by Crippen LogP contribution is -2.48. The van der Waals surface area contributed by atoms with Gasteiger partial charge in [-0.05, 0) is 44.1 Å². The van der Waals surface area contributed by atoms with Crippen molar-refractivity contribution in [3.63, 3.8) is 0 Å². The Hall–Kier alpha value is -3.43. The number of benzene rings is 2. The number of fused-ring (bicyclic) bond motifs is 3. The average molecular weight is 479 g/mol. The fourth-order valence-electron chi connectivity index (χ4n) is 5.02. The fraction of sp³-hybridized carbons (Fsp3) is 0.423. The molecule has 3 aliphatic heterocycles. The first-order chi connectivity index (χ1) is 17.1. The quantitative estimate of drug-likeness (QED) is 0.627. The minimum Gasteiger partial charge on any atom is -0.495 e. The summed E-state index contributed by atoms with van der Waals surface area (Å²) >= 11 is 0. The SMILES string of the molecule is COCCN1C(=O)N=C(c2ccc(NC(=O)CN3CCCC3)c(OC)c2)C2Oc3ccccc3C21. The molecule has 1 fully saturated rings. The minimum absolute atomic E-state index is 0.0773. The summed E-state index contributed by atoms with van der Waals surface area (Å²) in [7, 11) is 3.16. The maximum atomic E-state index is 13.1. The number of rotatable bonds is 8. The van der Waals surface area contributed by atoms with Crippen LogP contribution in [0, 0.1) is 0 Å². The van der Waals surface area contributed by atoms with Crippen molar-refractivity contribution in [1.82, 2.24) is 9.80 Å². The van der Waals surface area contributed by atoms with Crippen LogP contribution in [0.4, 0.5) is 10.5 Å². The van der Waals surface area contributed by atoms with Crippen LogP contribution in [0.2, 0.25) is 0 Å². The highest BCUT2D eigenvalue weighted by Crippen LogP contribution is 2.44. The molecule has 0 aliphatic carbocycles. The third kappa shape index (κ3) is 4.61. The monoisotopic (exact) mass is 478 g/mol. The van der Waals surface area contributed by atoms with Gasteiger partial charge in [0.2, 0.25) is 5.91 Å². The molecule has 1 saturated heterocycles. The number of carbonyl (C=O) groups excluding carboxylic acids is 2. The molecule has 2 unspecified atom stereocenters. The largest absolute Gasteiger partial charge is 0.495 e. The molecule has 9 nitrogen and oxygen atoms in total. The Balaban J connectivity index is 1.42. The maximum absolute atomic E-state index is 13.1. The van der Waals surface area contributed by atoms with Crippen molar-refractivity contribution >= 4 is 23.3 Å². The molecule has 0 bridgehead atoms. The van der Waals surface area contributed by atoms with Gasteiger partial charge >= 0.3 is 6.03 Å². The number of hydrogen-bond acceptors (Lipinski definition) is 6. The standard InChI is InChI=1S/C26H30N4O5/c1-33-14-13-30-24-18-7-3-4-8-20(18)35-25(24)23(28-26(30)32)17-9-10-19(21(15-17)34-2)27-22(31)16-29-11-5-6-12-29/h3-4,7-10,15,24-25H,5-6,11-14,16H2,1-2H3,(H,27,31). The molecule has 35 heavy (non-hydrogen) atoms. The predicted octanol–water partition coefficient (Wildman–Crippen LogP) is 3.10. The first-order valence-corrected chi connectivity index (χ1v) is 11.9. The highest BCUT2D eigenvalue weighted by atomic mass is 16.5. The highest BCUT2D eigenvalue weighted by Gasteiger charge is 2.46. The average Bonchev–Trinajstić information content (AvgIpc) is 3.51. The molecular weight excluding hydrogens is 448 g/mol. The van der Waals surface area contributed by atoms with Gasteiger partial charge in [0.1, 0.15) is 17.5 Å². The maximum Gasteiger partial charge on any atom is 0.344 e. The molecule has 3 aliphatic rings. The van der Waals surface area contributed by atoms with E-state index in [2.05, 4.69) is 15.2 Å². The first kappa shape index (κ1) is 23.3. The number of carbonyl (C=O) groups is 2. The van der Waals surface area contributed by atoms with Gasteiger partial charge in [-0.1, -0.05) is 24.3 Å². The molecular formula is C26H30N4O5. The Labute approximate surface area is 204 Å². The number of para-hydroxylation sites is 1. The summed E-state index contributed by atoms with van der Waals surface area (Å²) in [4.78, 5) is 33.9. The Kier molecular flexibility index (Phi) is 6.70. The van der Waals surface area contributed by atoms with E-state index in [-0.39, 0.29) is 18.0 Å². The summed E-state index contributed by atoms with van der Waals surface area (Å²) in [5.41, 5.74) is 2.78. The zero-order valence-corrected chi connectivity index (χ0v) is 20.0. The van der Waals surface area contributed by atoms with Crippen molar-refractivity contribution in [3.8, 4) is 11.5 Å². The summed E-state index contributed by atoms with van der Waals surface area (Å²) in [6.07, 6.45) is 1.80. The number of ether oxygens (including phenoxy) is 3. The Morgan fingerprint density at radius 1 is 1.17 bits per heavy atom.